The number of esters is 1. The Labute approximate surface area is 210 Å². The number of ether oxygens (including phenoxy) is 1. The zero-order chi connectivity index (χ0) is 25.5. The van der Waals surface area contributed by atoms with Gasteiger partial charge in [-0.25, -0.2) is 4.79 Å². The summed E-state index contributed by atoms with van der Waals surface area (Å²) in [5, 5.41) is 0.783. The normalized spacial score (nSPS) is 11.1. The molecule has 0 bridgehead atoms. The quantitative estimate of drug-likeness (QED) is 0.188. The number of nitrogens with zero attached hydrogens (tertiary/aromatic N) is 2. The summed E-state index contributed by atoms with van der Waals surface area (Å²) >= 11 is 0. The van der Waals surface area contributed by atoms with Crippen LogP contribution in [-0.2, 0) is 22.6 Å². The molecule has 6 heteroatoms. The number of ketones is 1. The lowest BCUT2D eigenvalue weighted by Gasteiger charge is -2.18. The number of rotatable bonds is 9. The summed E-state index contributed by atoms with van der Waals surface area (Å²) in [5.74, 6) is -0.174. The van der Waals surface area contributed by atoms with Gasteiger partial charge in [-0.15, -0.1) is 0 Å². The molecule has 0 radical (unpaired) electrons. The highest BCUT2D eigenvalue weighted by Gasteiger charge is 2.15. The van der Waals surface area contributed by atoms with E-state index < -0.39 is 5.97 Å². The minimum absolute atomic E-state index is 0.0236. The van der Waals surface area contributed by atoms with Gasteiger partial charge in [0.2, 0.25) is 5.91 Å². The van der Waals surface area contributed by atoms with Gasteiger partial charge in [0.15, 0.2) is 5.78 Å². The fraction of sp³-hybridized carbons (Fsp3) is 0.167. The first-order valence-corrected chi connectivity index (χ1v) is 11.8. The highest BCUT2D eigenvalue weighted by atomic mass is 16.5. The molecule has 0 N–H and O–H groups in total. The average Bonchev–Trinajstić information content (AvgIpc) is 3.23. The third kappa shape index (κ3) is 6.16. The van der Waals surface area contributed by atoms with Gasteiger partial charge in [0.25, 0.3) is 0 Å². The van der Waals surface area contributed by atoms with Crippen molar-refractivity contribution in [3.63, 3.8) is 0 Å². The Bertz CT molecular complexity index is 1410. The van der Waals surface area contributed by atoms with E-state index in [0.29, 0.717) is 17.9 Å². The second-order valence-electron chi connectivity index (χ2n) is 8.64. The van der Waals surface area contributed by atoms with Crippen molar-refractivity contribution >= 4 is 34.6 Å². The van der Waals surface area contributed by atoms with Gasteiger partial charge in [-0.3, -0.25) is 9.59 Å². The molecule has 0 aliphatic heterocycles. The van der Waals surface area contributed by atoms with Crippen molar-refractivity contribution < 1.29 is 19.1 Å². The number of benzene rings is 3. The van der Waals surface area contributed by atoms with Crippen molar-refractivity contribution in [2.24, 2.45) is 0 Å². The molecule has 3 aromatic carbocycles. The summed E-state index contributed by atoms with van der Waals surface area (Å²) in [6, 6.07) is 24.1. The molecule has 4 rings (SSSR count). The summed E-state index contributed by atoms with van der Waals surface area (Å²) < 4.78 is 7.44. The predicted molar refractivity (Wildman–Crippen MR) is 141 cm³/mol. The highest BCUT2D eigenvalue weighted by molar-refractivity contribution is 5.98. The lowest BCUT2D eigenvalue weighted by Crippen LogP contribution is -2.31. The van der Waals surface area contributed by atoms with Gasteiger partial charge in [-0.2, -0.15) is 0 Å². The molecule has 0 saturated heterocycles. The molecular weight excluding hydrogens is 452 g/mol. The number of allylic oxidation sites excluding steroid dienone is 1. The van der Waals surface area contributed by atoms with E-state index in [0.717, 1.165) is 22.9 Å². The van der Waals surface area contributed by atoms with E-state index in [1.165, 1.54) is 18.6 Å². The first-order valence-electron chi connectivity index (χ1n) is 11.8. The van der Waals surface area contributed by atoms with Crippen LogP contribution >= 0.6 is 0 Å². The third-order valence-electron chi connectivity index (χ3n) is 5.91. The lowest BCUT2D eigenvalue weighted by molar-refractivity contribution is -0.130. The van der Waals surface area contributed by atoms with Crippen molar-refractivity contribution in [1.82, 2.24) is 9.47 Å². The lowest BCUT2D eigenvalue weighted by atomic mass is 10.1. The monoisotopic (exact) mass is 480 g/mol. The number of hydrogen-bond donors (Lipinski definition) is 0. The van der Waals surface area contributed by atoms with E-state index in [1.54, 1.807) is 54.4 Å². The molecular formula is C30H28N2O4. The summed E-state index contributed by atoms with van der Waals surface area (Å²) in [7, 11) is 1.80. The van der Waals surface area contributed by atoms with Crippen molar-refractivity contribution in [3.8, 4) is 5.75 Å². The minimum atomic E-state index is -0.453. The van der Waals surface area contributed by atoms with E-state index in [1.807, 2.05) is 53.2 Å². The van der Waals surface area contributed by atoms with Gasteiger partial charge in [0.1, 0.15) is 12.3 Å². The minimum Gasteiger partial charge on any atom is -0.423 e. The second kappa shape index (κ2) is 11.3. The van der Waals surface area contributed by atoms with E-state index >= 15 is 0 Å². The van der Waals surface area contributed by atoms with Crippen LogP contribution in [0, 0.1) is 0 Å². The number of fused-ring (bicyclic) bond motifs is 1. The molecule has 0 saturated carbocycles. The molecule has 1 heterocycles. The van der Waals surface area contributed by atoms with Gasteiger partial charge in [-0.05, 0) is 61.4 Å². The Balaban J connectivity index is 1.55. The van der Waals surface area contributed by atoms with Crippen LogP contribution in [-0.4, -0.2) is 40.7 Å². The largest absolute Gasteiger partial charge is 0.423 e. The number of carbonyl (C=O) groups excluding carboxylic acids is 3. The standard InChI is InChI=1S/C30H28N2O4/c1-22(33)13-14-25-20-32(21-29(34)31(2)18-17-23-9-5-3-6-10-23)28-16-15-26(19-27(25)28)36-30(35)24-11-7-4-8-12-24/h3-16,19-20H,17-18,21H2,1-2H3. The fourth-order valence-corrected chi connectivity index (χ4v) is 3.91. The molecule has 0 atom stereocenters. The van der Waals surface area contributed by atoms with Crippen LogP contribution in [0.15, 0.2) is 91.1 Å². The maximum Gasteiger partial charge on any atom is 0.343 e. The Morgan fingerprint density at radius 2 is 1.64 bits per heavy atom. The second-order valence-corrected chi connectivity index (χ2v) is 8.64. The molecule has 6 nitrogen and oxygen atoms in total. The first kappa shape index (κ1) is 24.7. The number of likely N-dealkylation sites (N-methyl/N-ethyl adjacent to an activating group) is 1. The Morgan fingerprint density at radius 3 is 2.33 bits per heavy atom. The van der Waals surface area contributed by atoms with Crippen molar-refractivity contribution in [3.05, 3.63) is 108 Å². The molecule has 0 spiro atoms. The van der Waals surface area contributed by atoms with Gasteiger partial charge in [-0.1, -0.05) is 48.5 Å². The van der Waals surface area contributed by atoms with E-state index in [2.05, 4.69) is 0 Å². The van der Waals surface area contributed by atoms with E-state index in [9.17, 15) is 14.4 Å². The first-order chi connectivity index (χ1) is 17.4. The topological polar surface area (TPSA) is 68.6 Å². The van der Waals surface area contributed by atoms with Crippen molar-refractivity contribution in [1.29, 1.82) is 0 Å². The zero-order valence-electron chi connectivity index (χ0n) is 20.4. The van der Waals surface area contributed by atoms with Gasteiger partial charge < -0.3 is 14.2 Å². The number of hydrogen-bond acceptors (Lipinski definition) is 4. The van der Waals surface area contributed by atoms with Crippen molar-refractivity contribution in [2.75, 3.05) is 13.6 Å². The summed E-state index contributed by atoms with van der Waals surface area (Å²) in [6.45, 7) is 2.24. The predicted octanol–water partition coefficient (Wildman–Crippen LogP) is 5.16. The number of amides is 1. The molecule has 0 unspecified atom stereocenters. The third-order valence-corrected chi connectivity index (χ3v) is 5.91. The number of carbonyl (C=O) groups is 3. The SMILES string of the molecule is CC(=O)C=Cc1cn(CC(=O)N(C)CCc2ccccc2)c2ccc(OC(=O)c3ccccc3)cc12. The van der Waals surface area contributed by atoms with Gasteiger partial charge in [0, 0.05) is 36.3 Å². The Morgan fingerprint density at radius 1 is 0.944 bits per heavy atom. The fourth-order valence-electron chi connectivity index (χ4n) is 3.91. The van der Waals surface area contributed by atoms with Crippen molar-refractivity contribution in [2.45, 2.75) is 19.9 Å². The van der Waals surface area contributed by atoms with E-state index in [-0.39, 0.29) is 18.2 Å². The van der Waals surface area contributed by atoms with Gasteiger partial charge in [0.05, 0.1) is 5.56 Å². The molecule has 1 amide bonds. The maximum atomic E-state index is 13.0. The highest BCUT2D eigenvalue weighted by Crippen LogP contribution is 2.28. The molecule has 182 valence electrons. The molecule has 0 fully saturated rings. The van der Waals surface area contributed by atoms with Crippen LogP contribution in [0.25, 0.3) is 17.0 Å². The van der Waals surface area contributed by atoms with Crippen LogP contribution < -0.4 is 4.74 Å². The van der Waals surface area contributed by atoms with Crippen LogP contribution in [0.3, 0.4) is 0 Å². The Hall–Kier alpha value is -4.45. The molecule has 36 heavy (non-hydrogen) atoms. The molecule has 1 aromatic heterocycles. The van der Waals surface area contributed by atoms with Crippen LogP contribution in [0.5, 0.6) is 5.75 Å². The van der Waals surface area contributed by atoms with E-state index in [4.69, 9.17) is 4.74 Å². The van der Waals surface area contributed by atoms with Crippen LogP contribution in [0.1, 0.15) is 28.4 Å². The maximum absolute atomic E-state index is 13.0. The van der Waals surface area contributed by atoms with Crippen LogP contribution in [0.4, 0.5) is 0 Å². The smallest absolute Gasteiger partial charge is 0.343 e. The Kier molecular flexibility index (Phi) is 7.75. The average molecular weight is 481 g/mol. The van der Waals surface area contributed by atoms with Gasteiger partial charge >= 0.3 is 5.97 Å². The number of aromatic nitrogens is 1. The summed E-state index contributed by atoms with van der Waals surface area (Å²) in [6.07, 6.45) is 5.82. The molecule has 4 aromatic rings. The summed E-state index contributed by atoms with van der Waals surface area (Å²) in [4.78, 5) is 38.8. The van der Waals surface area contributed by atoms with Crippen LogP contribution in [0.2, 0.25) is 0 Å². The molecule has 0 aliphatic carbocycles. The zero-order valence-corrected chi connectivity index (χ0v) is 20.4. The molecule has 0 aliphatic rings. The summed E-state index contributed by atoms with van der Waals surface area (Å²) in [5.41, 5.74) is 3.20.